The lowest BCUT2D eigenvalue weighted by Gasteiger charge is -2.20. The number of hydrogen-bond acceptors (Lipinski definition) is 5. The third kappa shape index (κ3) is 3.46. The Balaban J connectivity index is 1.91. The molecule has 1 aromatic rings. The number of ether oxygens (including phenoxy) is 3. The lowest BCUT2D eigenvalue weighted by Crippen LogP contribution is -2.15. The molecule has 0 amide bonds. The smallest absolute Gasteiger partial charge is 0.163 e. The second-order valence-electron chi connectivity index (χ2n) is 4.09. The molecule has 4 nitrogen and oxygen atoms in total. The van der Waals surface area contributed by atoms with Gasteiger partial charge in [0.1, 0.15) is 13.2 Å². The number of fused-ring (bicyclic) bond motifs is 1. The Kier molecular flexibility index (Phi) is 5.01. The van der Waals surface area contributed by atoms with Crippen LogP contribution in [0.1, 0.15) is 12.0 Å². The fourth-order valence-corrected chi connectivity index (χ4v) is 2.70. The second-order valence-corrected chi connectivity index (χ2v) is 5.20. The Morgan fingerprint density at radius 2 is 2.00 bits per heavy atom. The van der Waals surface area contributed by atoms with Crippen LogP contribution in [0, 0.1) is 0 Å². The molecule has 100 valence electrons. The van der Waals surface area contributed by atoms with Crippen molar-refractivity contribution in [2.24, 2.45) is 0 Å². The highest BCUT2D eigenvalue weighted by molar-refractivity contribution is 7.98. The van der Waals surface area contributed by atoms with E-state index in [2.05, 4.69) is 0 Å². The van der Waals surface area contributed by atoms with Crippen molar-refractivity contribution in [2.75, 3.05) is 38.4 Å². The molecule has 0 saturated heterocycles. The van der Waals surface area contributed by atoms with Gasteiger partial charge in [-0.15, -0.1) is 0 Å². The SMILES string of the molecule is COCCCSCc1cc2c(cc1N)OCCO2. The van der Waals surface area contributed by atoms with Crippen molar-refractivity contribution >= 4 is 17.4 Å². The summed E-state index contributed by atoms with van der Waals surface area (Å²) < 4.78 is 16.1. The zero-order valence-electron chi connectivity index (χ0n) is 10.6. The van der Waals surface area contributed by atoms with Gasteiger partial charge in [-0.2, -0.15) is 11.8 Å². The minimum absolute atomic E-state index is 0.595. The highest BCUT2D eigenvalue weighted by Gasteiger charge is 2.14. The first-order chi connectivity index (χ1) is 8.81. The summed E-state index contributed by atoms with van der Waals surface area (Å²) >= 11 is 1.85. The average Bonchev–Trinajstić information content (AvgIpc) is 2.39. The number of methoxy groups -OCH3 is 1. The van der Waals surface area contributed by atoms with E-state index in [1.165, 1.54) is 0 Å². The number of nitrogen functional groups attached to an aromatic ring is 1. The van der Waals surface area contributed by atoms with E-state index >= 15 is 0 Å². The third-order valence-corrected chi connectivity index (χ3v) is 3.79. The third-order valence-electron chi connectivity index (χ3n) is 2.70. The van der Waals surface area contributed by atoms with Gasteiger partial charge in [0, 0.05) is 31.2 Å². The molecule has 1 heterocycles. The molecular weight excluding hydrogens is 250 g/mol. The molecule has 1 aliphatic rings. The Morgan fingerprint density at radius 1 is 1.28 bits per heavy atom. The van der Waals surface area contributed by atoms with E-state index in [1.807, 2.05) is 23.9 Å². The minimum atomic E-state index is 0.595. The van der Waals surface area contributed by atoms with Crippen LogP contribution in [0.3, 0.4) is 0 Å². The number of rotatable bonds is 6. The summed E-state index contributed by atoms with van der Waals surface area (Å²) in [5.74, 6) is 3.53. The molecule has 0 atom stereocenters. The molecule has 0 unspecified atom stereocenters. The van der Waals surface area contributed by atoms with E-state index < -0.39 is 0 Å². The van der Waals surface area contributed by atoms with Gasteiger partial charge >= 0.3 is 0 Å². The first-order valence-electron chi connectivity index (χ1n) is 6.06. The lowest BCUT2D eigenvalue weighted by atomic mass is 10.2. The average molecular weight is 269 g/mol. The van der Waals surface area contributed by atoms with Crippen LogP contribution in [0.5, 0.6) is 11.5 Å². The van der Waals surface area contributed by atoms with E-state index in [9.17, 15) is 0 Å². The van der Waals surface area contributed by atoms with Crippen LogP contribution in [0.15, 0.2) is 12.1 Å². The standard InChI is InChI=1S/C13H19NO3S/c1-15-3-2-6-18-9-10-7-12-13(8-11(10)14)17-5-4-16-12/h7-8H,2-6,9,14H2,1H3. The predicted octanol–water partition coefficient (Wildman–Crippen LogP) is 2.31. The van der Waals surface area contributed by atoms with Crippen molar-refractivity contribution in [3.05, 3.63) is 17.7 Å². The summed E-state index contributed by atoms with van der Waals surface area (Å²) in [6.45, 7) is 2.01. The first-order valence-corrected chi connectivity index (χ1v) is 7.21. The number of thioether (sulfide) groups is 1. The normalized spacial score (nSPS) is 13.6. The number of anilines is 1. The molecular formula is C13H19NO3S. The summed E-state index contributed by atoms with van der Waals surface area (Å²) in [7, 11) is 1.73. The van der Waals surface area contributed by atoms with Crippen LogP contribution in [0.25, 0.3) is 0 Å². The molecule has 2 N–H and O–H groups in total. The van der Waals surface area contributed by atoms with Crippen LogP contribution in [0.2, 0.25) is 0 Å². The summed E-state index contributed by atoms with van der Waals surface area (Å²) in [4.78, 5) is 0. The number of benzene rings is 1. The van der Waals surface area contributed by atoms with Gasteiger partial charge in [0.25, 0.3) is 0 Å². The Hall–Kier alpha value is -1.07. The minimum Gasteiger partial charge on any atom is -0.486 e. The Bertz CT molecular complexity index is 398. The lowest BCUT2D eigenvalue weighted by molar-refractivity contribution is 0.171. The van der Waals surface area contributed by atoms with Gasteiger partial charge in [-0.1, -0.05) is 0 Å². The first kappa shape index (κ1) is 13.4. The summed E-state index contributed by atoms with van der Waals surface area (Å²) in [5, 5.41) is 0. The van der Waals surface area contributed by atoms with Gasteiger partial charge in [-0.05, 0) is 23.8 Å². The van der Waals surface area contributed by atoms with Crippen molar-refractivity contribution in [1.82, 2.24) is 0 Å². The molecule has 0 fully saturated rings. The van der Waals surface area contributed by atoms with Crippen LogP contribution >= 0.6 is 11.8 Å². The highest BCUT2D eigenvalue weighted by atomic mass is 32.2. The van der Waals surface area contributed by atoms with Crippen LogP contribution in [-0.4, -0.2) is 32.7 Å². The fraction of sp³-hybridized carbons (Fsp3) is 0.538. The molecule has 18 heavy (non-hydrogen) atoms. The quantitative estimate of drug-likeness (QED) is 0.634. The van der Waals surface area contributed by atoms with Gasteiger partial charge in [0.05, 0.1) is 0 Å². The van der Waals surface area contributed by atoms with Crippen molar-refractivity contribution in [2.45, 2.75) is 12.2 Å². The predicted molar refractivity (Wildman–Crippen MR) is 74.5 cm³/mol. The molecule has 0 saturated carbocycles. The maximum Gasteiger partial charge on any atom is 0.163 e. The maximum atomic E-state index is 6.01. The zero-order valence-corrected chi connectivity index (χ0v) is 11.4. The molecule has 0 aromatic heterocycles. The topological polar surface area (TPSA) is 53.7 Å². The summed E-state index contributed by atoms with van der Waals surface area (Å²) in [5.41, 5.74) is 7.90. The van der Waals surface area contributed by atoms with E-state index in [4.69, 9.17) is 19.9 Å². The zero-order chi connectivity index (χ0) is 12.8. The van der Waals surface area contributed by atoms with Crippen molar-refractivity contribution in [3.63, 3.8) is 0 Å². The van der Waals surface area contributed by atoms with Gasteiger partial charge in [0.2, 0.25) is 0 Å². The maximum absolute atomic E-state index is 6.01. The largest absolute Gasteiger partial charge is 0.486 e. The van der Waals surface area contributed by atoms with Crippen LogP contribution in [-0.2, 0) is 10.5 Å². The highest BCUT2D eigenvalue weighted by Crippen LogP contribution is 2.35. The molecule has 0 radical (unpaired) electrons. The molecule has 0 bridgehead atoms. The number of hydrogen-bond donors (Lipinski definition) is 1. The molecule has 1 aliphatic heterocycles. The van der Waals surface area contributed by atoms with Gasteiger partial charge in [-0.25, -0.2) is 0 Å². The van der Waals surface area contributed by atoms with Crippen molar-refractivity contribution < 1.29 is 14.2 Å². The van der Waals surface area contributed by atoms with Crippen LogP contribution < -0.4 is 15.2 Å². The van der Waals surface area contributed by atoms with E-state index in [1.54, 1.807) is 7.11 Å². The van der Waals surface area contributed by atoms with E-state index in [0.29, 0.717) is 13.2 Å². The van der Waals surface area contributed by atoms with Gasteiger partial charge in [0.15, 0.2) is 11.5 Å². The molecule has 5 heteroatoms. The number of nitrogens with two attached hydrogens (primary N) is 1. The van der Waals surface area contributed by atoms with E-state index in [-0.39, 0.29) is 0 Å². The summed E-state index contributed by atoms with van der Waals surface area (Å²) in [6.07, 6.45) is 1.06. The Labute approximate surface area is 112 Å². The molecule has 1 aromatic carbocycles. The molecule has 0 spiro atoms. The van der Waals surface area contributed by atoms with E-state index in [0.717, 1.165) is 47.3 Å². The Morgan fingerprint density at radius 3 is 2.72 bits per heavy atom. The van der Waals surface area contributed by atoms with Crippen molar-refractivity contribution in [3.8, 4) is 11.5 Å². The second kappa shape index (κ2) is 6.75. The monoisotopic (exact) mass is 269 g/mol. The van der Waals surface area contributed by atoms with Crippen molar-refractivity contribution in [1.29, 1.82) is 0 Å². The van der Waals surface area contributed by atoms with Gasteiger partial charge < -0.3 is 19.9 Å². The van der Waals surface area contributed by atoms with Gasteiger partial charge in [-0.3, -0.25) is 0 Å². The molecule has 0 aliphatic carbocycles. The molecule has 2 rings (SSSR count). The van der Waals surface area contributed by atoms with Crippen LogP contribution in [0.4, 0.5) is 5.69 Å². The fourth-order valence-electron chi connectivity index (χ4n) is 1.76. The summed E-state index contributed by atoms with van der Waals surface area (Å²) in [6, 6.07) is 3.85.